The van der Waals surface area contributed by atoms with Crippen molar-refractivity contribution in [2.75, 3.05) is 10.6 Å². The monoisotopic (exact) mass is 496 g/mol. The minimum absolute atomic E-state index is 0.466. The van der Waals surface area contributed by atoms with Crippen molar-refractivity contribution in [3.8, 4) is 0 Å². The molecule has 2 N–H and O–H groups in total. The first-order valence-electron chi connectivity index (χ1n) is 8.66. The molecule has 0 fully saturated rings. The number of benzene rings is 2. The van der Waals surface area contributed by atoms with Crippen molar-refractivity contribution in [3.63, 3.8) is 0 Å². The molecular weight excluding hydrogens is 479 g/mol. The van der Waals surface area contributed by atoms with Crippen molar-refractivity contribution >= 4 is 68.0 Å². The molecule has 0 radical (unpaired) electrons. The highest BCUT2D eigenvalue weighted by atomic mass is 79.9. The van der Waals surface area contributed by atoms with E-state index in [1.807, 2.05) is 30.5 Å². The first-order valence-corrected chi connectivity index (χ1v) is 10.6. The van der Waals surface area contributed by atoms with E-state index < -0.39 is 0 Å². The minimum atomic E-state index is 0.466. The van der Waals surface area contributed by atoms with Gasteiger partial charge in [0.2, 0.25) is 0 Å². The van der Waals surface area contributed by atoms with Gasteiger partial charge in [0.25, 0.3) is 0 Å². The maximum atomic E-state index is 6.25. The molecule has 0 atom stereocenters. The molecule has 0 spiro atoms. The van der Waals surface area contributed by atoms with E-state index >= 15 is 0 Å². The van der Waals surface area contributed by atoms with Crippen LogP contribution in [0.25, 0.3) is 0 Å². The average molecular weight is 498 g/mol. The van der Waals surface area contributed by atoms with Gasteiger partial charge in [0.1, 0.15) is 0 Å². The summed E-state index contributed by atoms with van der Waals surface area (Å²) in [7, 11) is 0. The van der Waals surface area contributed by atoms with Crippen LogP contribution >= 0.6 is 51.3 Å². The minimum Gasteiger partial charge on any atom is -0.332 e. The third kappa shape index (κ3) is 5.47. The Bertz CT molecular complexity index is 986. The third-order valence-electron chi connectivity index (χ3n) is 4.13. The van der Waals surface area contributed by atoms with Crippen LogP contribution < -0.4 is 10.6 Å². The standard InChI is InChI=1S/C20H19BrCl2N4S/c1-12(2)13-4-7-16(8-5-13)24-20(28)25-19-17(21)11-27(26-19)10-14-3-6-15(22)9-18(14)23/h3-9,11-12H,10H2,1-2H3,(H2,24,25,26,28). The van der Waals surface area contributed by atoms with Crippen molar-refractivity contribution in [1.82, 2.24) is 9.78 Å². The molecule has 1 aromatic heterocycles. The molecule has 1 heterocycles. The van der Waals surface area contributed by atoms with Crippen LogP contribution in [0.3, 0.4) is 0 Å². The fraction of sp³-hybridized carbons (Fsp3) is 0.200. The average Bonchev–Trinajstić information content (AvgIpc) is 2.97. The summed E-state index contributed by atoms with van der Waals surface area (Å²) in [5.41, 5.74) is 3.13. The van der Waals surface area contributed by atoms with E-state index in [4.69, 9.17) is 35.4 Å². The second-order valence-electron chi connectivity index (χ2n) is 6.61. The third-order valence-corrected chi connectivity index (χ3v) is 5.50. The number of anilines is 2. The fourth-order valence-electron chi connectivity index (χ4n) is 2.61. The summed E-state index contributed by atoms with van der Waals surface area (Å²) in [6.45, 7) is 4.85. The van der Waals surface area contributed by atoms with Gasteiger partial charge in [-0.2, -0.15) is 5.10 Å². The lowest BCUT2D eigenvalue weighted by molar-refractivity contribution is 0.690. The number of hydrogen-bond acceptors (Lipinski definition) is 2. The molecule has 0 aliphatic rings. The number of hydrogen-bond donors (Lipinski definition) is 2. The molecule has 0 aliphatic carbocycles. The second-order valence-corrected chi connectivity index (χ2v) is 8.72. The van der Waals surface area contributed by atoms with Crippen molar-refractivity contribution in [2.45, 2.75) is 26.3 Å². The molecular formula is C20H19BrCl2N4S. The van der Waals surface area contributed by atoms with Gasteiger partial charge in [-0.25, -0.2) is 0 Å². The summed E-state index contributed by atoms with van der Waals surface area (Å²) in [5.74, 6) is 1.12. The molecule has 8 heteroatoms. The Balaban J connectivity index is 1.65. The van der Waals surface area contributed by atoms with E-state index in [-0.39, 0.29) is 0 Å². The Morgan fingerprint density at radius 2 is 1.86 bits per heavy atom. The van der Waals surface area contributed by atoms with Gasteiger partial charge < -0.3 is 10.6 Å². The van der Waals surface area contributed by atoms with E-state index in [1.165, 1.54) is 5.56 Å². The quantitative estimate of drug-likeness (QED) is 0.375. The summed E-state index contributed by atoms with van der Waals surface area (Å²) >= 11 is 21.1. The molecule has 2 aromatic carbocycles. The fourth-order valence-corrected chi connectivity index (χ4v) is 3.71. The summed E-state index contributed by atoms with van der Waals surface area (Å²) in [6, 6.07) is 13.6. The van der Waals surface area contributed by atoms with Crippen LogP contribution in [0.1, 0.15) is 30.9 Å². The van der Waals surface area contributed by atoms with Crippen LogP contribution in [0.15, 0.2) is 53.1 Å². The van der Waals surface area contributed by atoms with Crippen LogP contribution in [0.4, 0.5) is 11.5 Å². The molecule has 0 aliphatic heterocycles. The normalized spacial score (nSPS) is 10.9. The number of rotatable bonds is 5. The Labute approximate surface area is 188 Å². The van der Waals surface area contributed by atoms with Crippen LogP contribution in [-0.4, -0.2) is 14.9 Å². The molecule has 0 amide bonds. The zero-order valence-electron chi connectivity index (χ0n) is 15.3. The van der Waals surface area contributed by atoms with Gasteiger partial charge in [0.05, 0.1) is 11.0 Å². The molecule has 146 valence electrons. The molecule has 0 unspecified atom stereocenters. The zero-order valence-corrected chi connectivity index (χ0v) is 19.3. The summed E-state index contributed by atoms with van der Waals surface area (Å²) in [4.78, 5) is 0. The zero-order chi connectivity index (χ0) is 20.3. The van der Waals surface area contributed by atoms with E-state index in [0.29, 0.717) is 33.4 Å². The van der Waals surface area contributed by atoms with Crippen molar-refractivity contribution in [3.05, 3.63) is 74.3 Å². The predicted octanol–water partition coefficient (Wildman–Crippen LogP) is 6.93. The molecule has 3 aromatic rings. The highest BCUT2D eigenvalue weighted by Crippen LogP contribution is 2.25. The lowest BCUT2D eigenvalue weighted by Crippen LogP contribution is -2.19. The van der Waals surface area contributed by atoms with Crippen molar-refractivity contribution < 1.29 is 0 Å². The molecule has 3 rings (SSSR count). The van der Waals surface area contributed by atoms with Gasteiger partial charge in [-0.3, -0.25) is 4.68 Å². The number of nitrogens with zero attached hydrogens (tertiary/aromatic N) is 2. The number of aromatic nitrogens is 2. The van der Waals surface area contributed by atoms with E-state index in [2.05, 4.69) is 57.6 Å². The Kier molecular flexibility index (Phi) is 6.99. The summed E-state index contributed by atoms with van der Waals surface area (Å²) < 4.78 is 2.58. The maximum absolute atomic E-state index is 6.25. The number of halogens is 3. The van der Waals surface area contributed by atoms with E-state index in [0.717, 1.165) is 15.7 Å². The summed E-state index contributed by atoms with van der Waals surface area (Å²) in [6.07, 6.45) is 1.87. The van der Waals surface area contributed by atoms with E-state index in [9.17, 15) is 0 Å². The summed E-state index contributed by atoms with van der Waals surface area (Å²) in [5, 5.41) is 12.5. The van der Waals surface area contributed by atoms with E-state index in [1.54, 1.807) is 10.7 Å². The molecule has 0 bridgehead atoms. The van der Waals surface area contributed by atoms with Gasteiger partial charge in [-0.15, -0.1) is 0 Å². The highest BCUT2D eigenvalue weighted by Gasteiger charge is 2.10. The molecule has 4 nitrogen and oxygen atoms in total. The SMILES string of the molecule is CC(C)c1ccc(NC(=S)Nc2nn(Cc3ccc(Cl)cc3Cl)cc2Br)cc1. The second kappa shape index (κ2) is 9.27. The molecule has 0 saturated heterocycles. The molecule has 0 saturated carbocycles. The smallest absolute Gasteiger partial charge is 0.176 e. The lowest BCUT2D eigenvalue weighted by atomic mass is 10.0. The van der Waals surface area contributed by atoms with Crippen LogP contribution in [0.2, 0.25) is 10.0 Å². The number of nitrogens with one attached hydrogen (secondary N) is 2. The van der Waals surface area contributed by atoms with Crippen molar-refractivity contribution in [1.29, 1.82) is 0 Å². The first-order chi connectivity index (χ1) is 13.3. The van der Waals surface area contributed by atoms with Crippen LogP contribution in [0, 0.1) is 0 Å². The van der Waals surface area contributed by atoms with Crippen LogP contribution in [-0.2, 0) is 6.54 Å². The van der Waals surface area contributed by atoms with Gasteiger partial charge in [0, 0.05) is 21.9 Å². The predicted molar refractivity (Wildman–Crippen MR) is 126 cm³/mol. The Morgan fingerprint density at radius 1 is 1.14 bits per heavy atom. The largest absolute Gasteiger partial charge is 0.332 e. The van der Waals surface area contributed by atoms with Gasteiger partial charge in [0.15, 0.2) is 10.9 Å². The Morgan fingerprint density at radius 3 is 2.50 bits per heavy atom. The highest BCUT2D eigenvalue weighted by molar-refractivity contribution is 9.10. The molecule has 28 heavy (non-hydrogen) atoms. The van der Waals surface area contributed by atoms with Gasteiger partial charge >= 0.3 is 0 Å². The lowest BCUT2D eigenvalue weighted by Gasteiger charge is -2.11. The maximum Gasteiger partial charge on any atom is 0.176 e. The van der Waals surface area contributed by atoms with Crippen LogP contribution in [0.5, 0.6) is 0 Å². The number of thiocarbonyl (C=S) groups is 1. The van der Waals surface area contributed by atoms with Gasteiger partial charge in [-0.1, -0.05) is 55.2 Å². The first kappa shape index (κ1) is 21.1. The Hall–Kier alpha value is -1.60. The van der Waals surface area contributed by atoms with Crippen molar-refractivity contribution in [2.24, 2.45) is 0 Å². The topological polar surface area (TPSA) is 41.9 Å². The van der Waals surface area contributed by atoms with Gasteiger partial charge in [-0.05, 0) is 69.5 Å².